The zero-order valence-corrected chi connectivity index (χ0v) is 13.8. The third-order valence-corrected chi connectivity index (χ3v) is 4.34. The number of benzene rings is 1. The summed E-state index contributed by atoms with van der Waals surface area (Å²) in [5.41, 5.74) is 0.731. The number of nitrogens with zero attached hydrogens (tertiary/aromatic N) is 2. The summed E-state index contributed by atoms with van der Waals surface area (Å²) in [6, 6.07) is 2.60. The normalized spacial score (nSPS) is 19.0. The van der Waals surface area contributed by atoms with Crippen molar-refractivity contribution in [2.45, 2.75) is 39.8 Å². The number of carbonyl (C=O) groups is 2. The lowest BCUT2D eigenvalue weighted by Crippen LogP contribution is -2.58. The maximum Gasteiger partial charge on any atom is 0.245 e. The van der Waals surface area contributed by atoms with Crippen molar-refractivity contribution in [3.05, 3.63) is 34.1 Å². The quantitative estimate of drug-likeness (QED) is 0.853. The lowest BCUT2D eigenvalue weighted by Gasteiger charge is -2.39. The van der Waals surface area contributed by atoms with E-state index in [4.69, 9.17) is 11.6 Å². The molecule has 1 aromatic rings. The van der Waals surface area contributed by atoms with Gasteiger partial charge in [0, 0.05) is 17.1 Å². The molecule has 0 N–H and O–H groups in total. The maximum atomic E-state index is 14.2. The third-order valence-electron chi connectivity index (χ3n) is 3.98. The Hall–Kier alpha value is -1.62. The largest absolute Gasteiger partial charge is 0.332 e. The van der Waals surface area contributed by atoms with Crippen LogP contribution in [0.2, 0.25) is 5.02 Å². The molecule has 1 aliphatic heterocycles. The summed E-state index contributed by atoms with van der Waals surface area (Å²) in [5, 5.41) is 0.270. The van der Waals surface area contributed by atoms with E-state index >= 15 is 0 Å². The maximum absolute atomic E-state index is 14.2. The molecule has 0 aliphatic carbocycles. The average Bonchev–Trinajstić information content (AvgIpc) is 2.48. The van der Waals surface area contributed by atoms with Gasteiger partial charge in [0.2, 0.25) is 11.8 Å². The van der Waals surface area contributed by atoms with Gasteiger partial charge in [-0.25, -0.2) is 4.39 Å². The number of amides is 2. The van der Waals surface area contributed by atoms with E-state index in [-0.39, 0.29) is 35.5 Å². The highest BCUT2D eigenvalue weighted by molar-refractivity contribution is 6.31. The fourth-order valence-corrected chi connectivity index (χ4v) is 2.87. The number of carbonyl (C=O) groups excluding carboxylic acids is 2. The van der Waals surface area contributed by atoms with Crippen molar-refractivity contribution < 1.29 is 14.0 Å². The molecule has 0 unspecified atom stereocenters. The smallest absolute Gasteiger partial charge is 0.245 e. The zero-order valence-electron chi connectivity index (χ0n) is 13.0. The molecule has 2 rings (SSSR count). The van der Waals surface area contributed by atoms with Crippen LogP contribution in [0.1, 0.15) is 31.4 Å². The van der Waals surface area contributed by atoms with Gasteiger partial charge in [-0.2, -0.15) is 0 Å². The molecule has 1 heterocycles. The highest BCUT2D eigenvalue weighted by atomic mass is 35.5. The summed E-state index contributed by atoms with van der Waals surface area (Å²) in [6.07, 6.45) is 0.796. The second-order valence-electron chi connectivity index (χ2n) is 5.61. The van der Waals surface area contributed by atoms with Crippen molar-refractivity contribution in [1.29, 1.82) is 0 Å². The van der Waals surface area contributed by atoms with Gasteiger partial charge in [-0.1, -0.05) is 24.6 Å². The number of hydrogen-bond donors (Lipinski definition) is 0. The minimum atomic E-state index is -0.608. The van der Waals surface area contributed by atoms with Crippen molar-refractivity contribution in [2.24, 2.45) is 0 Å². The van der Waals surface area contributed by atoms with Gasteiger partial charge in [0.1, 0.15) is 11.9 Å². The van der Waals surface area contributed by atoms with Crippen LogP contribution >= 0.6 is 11.6 Å². The molecule has 1 atom stereocenters. The van der Waals surface area contributed by atoms with Crippen LogP contribution < -0.4 is 0 Å². The second-order valence-corrected chi connectivity index (χ2v) is 6.02. The third kappa shape index (κ3) is 3.09. The first-order valence-corrected chi connectivity index (χ1v) is 7.76. The Morgan fingerprint density at radius 1 is 1.36 bits per heavy atom. The van der Waals surface area contributed by atoms with Gasteiger partial charge in [-0.3, -0.25) is 9.59 Å². The van der Waals surface area contributed by atoms with Crippen LogP contribution in [0.25, 0.3) is 0 Å². The minimum Gasteiger partial charge on any atom is -0.332 e. The molecule has 6 heteroatoms. The Balaban J connectivity index is 2.25. The van der Waals surface area contributed by atoms with Gasteiger partial charge in [0.05, 0.1) is 13.1 Å². The molecule has 2 amide bonds. The summed E-state index contributed by atoms with van der Waals surface area (Å²) in [7, 11) is 0. The summed E-state index contributed by atoms with van der Waals surface area (Å²) in [6.45, 7) is 5.88. The molecule has 120 valence electrons. The van der Waals surface area contributed by atoms with Crippen LogP contribution in [0, 0.1) is 12.7 Å². The average molecular weight is 327 g/mol. The van der Waals surface area contributed by atoms with E-state index in [0.717, 1.165) is 6.42 Å². The Morgan fingerprint density at radius 2 is 2.05 bits per heavy atom. The first kappa shape index (κ1) is 16.7. The molecule has 1 saturated heterocycles. The molecule has 1 aromatic carbocycles. The van der Waals surface area contributed by atoms with E-state index in [1.807, 2.05) is 6.92 Å². The Labute approximate surface area is 134 Å². The first-order valence-electron chi connectivity index (χ1n) is 7.38. The van der Waals surface area contributed by atoms with Crippen molar-refractivity contribution >= 4 is 23.4 Å². The van der Waals surface area contributed by atoms with Crippen molar-refractivity contribution in [3.8, 4) is 0 Å². The summed E-state index contributed by atoms with van der Waals surface area (Å²) in [4.78, 5) is 27.6. The second kappa shape index (κ2) is 6.65. The van der Waals surface area contributed by atoms with Crippen molar-refractivity contribution in [3.63, 3.8) is 0 Å². The highest BCUT2D eigenvalue weighted by Crippen LogP contribution is 2.25. The standard InChI is InChI=1S/C16H20ClFN2O2/c1-4-7-19-9-14(21)20(11(3)16(19)22)8-12-13(17)6-5-10(2)15(12)18/h5-6,11H,4,7-9H2,1-3H3/t11-/m0/s1. The number of rotatable bonds is 4. The fraction of sp³-hybridized carbons (Fsp3) is 0.500. The summed E-state index contributed by atoms with van der Waals surface area (Å²) >= 11 is 6.06. The van der Waals surface area contributed by atoms with Gasteiger partial charge in [0.25, 0.3) is 0 Å². The first-order chi connectivity index (χ1) is 10.4. The van der Waals surface area contributed by atoms with Crippen LogP contribution in [-0.4, -0.2) is 40.7 Å². The molecule has 4 nitrogen and oxygen atoms in total. The molecule has 22 heavy (non-hydrogen) atoms. The van der Waals surface area contributed by atoms with Gasteiger partial charge >= 0.3 is 0 Å². The highest BCUT2D eigenvalue weighted by Gasteiger charge is 2.36. The molecular formula is C16H20ClFN2O2. The van der Waals surface area contributed by atoms with Gasteiger partial charge < -0.3 is 9.80 Å². The minimum absolute atomic E-state index is 0.0120. The summed E-state index contributed by atoms with van der Waals surface area (Å²) in [5.74, 6) is -0.709. The van der Waals surface area contributed by atoms with Gasteiger partial charge in [-0.05, 0) is 31.9 Å². The molecule has 0 radical (unpaired) electrons. The molecule has 0 spiro atoms. The van der Waals surface area contributed by atoms with Crippen LogP contribution in [0.5, 0.6) is 0 Å². The Morgan fingerprint density at radius 3 is 2.68 bits per heavy atom. The van der Waals surface area contributed by atoms with E-state index in [1.54, 1.807) is 30.9 Å². The monoisotopic (exact) mass is 326 g/mol. The molecule has 1 fully saturated rings. The predicted octanol–water partition coefficient (Wildman–Crippen LogP) is 2.76. The van der Waals surface area contributed by atoms with E-state index in [1.165, 1.54) is 4.90 Å². The van der Waals surface area contributed by atoms with E-state index in [2.05, 4.69) is 0 Å². The number of hydrogen-bond acceptors (Lipinski definition) is 2. The van der Waals surface area contributed by atoms with Gasteiger partial charge in [-0.15, -0.1) is 0 Å². The predicted molar refractivity (Wildman–Crippen MR) is 83.0 cm³/mol. The van der Waals surface area contributed by atoms with Crippen molar-refractivity contribution in [2.75, 3.05) is 13.1 Å². The van der Waals surface area contributed by atoms with Crippen LogP contribution in [-0.2, 0) is 16.1 Å². The van der Waals surface area contributed by atoms with E-state index in [0.29, 0.717) is 12.1 Å². The van der Waals surface area contributed by atoms with Gasteiger partial charge in [0.15, 0.2) is 0 Å². The van der Waals surface area contributed by atoms with Crippen LogP contribution in [0.3, 0.4) is 0 Å². The van der Waals surface area contributed by atoms with Crippen LogP contribution in [0.4, 0.5) is 4.39 Å². The molecule has 0 aromatic heterocycles. The number of aryl methyl sites for hydroxylation is 1. The lowest BCUT2D eigenvalue weighted by molar-refractivity contribution is -0.155. The van der Waals surface area contributed by atoms with Crippen molar-refractivity contribution in [1.82, 2.24) is 9.80 Å². The van der Waals surface area contributed by atoms with E-state index in [9.17, 15) is 14.0 Å². The lowest BCUT2D eigenvalue weighted by atomic mass is 10.1. The Bertz CT molecular complexity index is 606. The topological polar surface area (TPSA) is 40.6 Å². The summed E-state index contributed by atoms with van der Waals surface area (Å²) < 4.78 is 14.2. The zero-order chi connectivity index (χ0) is 16.4. The van der Waals surface area contributed by atoms with E-state index < -0.39 is 11.9 Å². The van der Waals surface area contributed by atoms with Crippen LogP contribution in [0.15, 0.2) is 12.1 Å². The molecule has 1 aliphatic rings. The molecule has 0 saturated carbocycles. The SMILES string of the molecule is CCCN1CC(=O)N(Cc2c(Cl)ccc(C)c2F)[C@@H](C)C1=O. The Kier molecular flexibility index (Phi) is 5.06. The molecule has 0 bridgehead atoms. The number of piperazine rings is 1. The number of halogens is 2. The molecular weight excluding hydrogens is 307 g/mol. The fourth-order valence-electron chi connectivity index (χ4n) is 2.66.